The molecular weight excluding hydrogens is 433 g/mol. The van der Waals surface area contributed by atoms with E-state index in [4.69, 9.17) is 4.74 Å². The molecule has 0 bridgehead atoms. The van der Waals surface area contributed by atoms with Crippen LogP contribution in [-0.4, -0.2) is 28.8 Å². The maximum absolute atomic E-state index is 13.2. The Morgan fingerprint density at radius 3 is 2.36 bits per heavy atom. The Bertz CT molecular complexity index is 1200. The van der Waals surface area contributed by atoms with Gasteiger partial charge in [0.25, 0.3) is 5.91 Å². The predicted octanol–water partition coefficient (Wildman–Crippen LogP) is 5.39. The van der Waals surface area contributed by atoms with Crippen LogP contribution >= 0.6 is 0 Å². The van der Waals surface area contributed by atoms with E-state index in [1.165, 1.54) is 6.07 Å². The molecule has 8 heteroatoms. The van der Waals surface area contributed by atoms with Crippen molar-refractivity contribution in [1.29, 1.82) is 0 Å². The summed E-state index contributed by atoms with van der Waals surface area (Å²) in [5, 5.41) is 10.2. The zero-order valence-electron chi connectivity index (χ0n) is 18.4. The molecule has 1 amide bonds. The number of hydrogen-bond acceptors (Lipinski definition) is 4. The SMILES string of the molecule is Cc1cc2c(c(-c3ccccc3OCC(F)(F)F)n1)CN(c1ccc(C(C)(C)O)cc1)C2=O. The molecule has 5 nitrogen and oxygen atoms in total. The summed E-state index contributed by atoms with van der Waals surface area (Å²) in [6, 6.07) is 15.1. The molecule has 1 N–H and O–H groups in total. The average molecular weight is 456 g/mol. The van der Waals surface area contributed by atoms with Crippen molar-refractivity contribution in [3.05, 3.63) is 77.0 Å². The van der Waals surface area contributed by atoms with E-state index < -0.39 is 18.4 Å². The third-order valence-corrected chi connectivity index (χ3v) is 5.46. The van der Waals surface area contributed by atoms with Gasteiger partial charge in [0.05, 0.1) is 17.8 Å². The van der Waals surface area contributed by atoms with Crippen LogP contribution in [0.4, 0.5) is 18.9 Å². The van der Waals surface area contributed by atoms with Crippen molar-refractivity contribution in [3.63, 3.8) is 0 Å². The Kier molecular flexibility index (Phi) is 5.66. The average Bonchev–Trinajstić information content (AvgIpc) is 3.07. The zero-order chi connectivity index (χ0) is 24.0. The van der Waals surface area contributed by atoms with Gasteiger partial charge in [0, 0.05) is 28.1 Å². The predicted molar refractivity (Wildman–Crippen MR) is 118 cm³/mol. The Balaban J connectivity index is 1.73. The summed E-state index contributed by atoms with van der Waals surface area (Å²) in [6.07, 6.45) is -4.48. The molecule has 0 atom stereocenters. The van der Waals surface area contributed by atoms with Gasteiger partial charge in [-0.25, -0.2) is 0 Å². The van der Waals surface area contributed by atoms with Gasteiger partial charge < -0.3 is 14.7 Å². The minimum atomic E-state index is -4.48. The molecule has 0 radical (unpaired) electrons. The number of anilines is 1. The number of amides is 1. The van der Waals surface area contributed by atoms with Gasteiger partial charge in [0.1, 0.15) is 5.75 Å². The molecule has 2 heterocycles. The number of para-hydroxylation sites is 1. The van der Waals surface area contributed by atoms with Gasteiger partial charge in [-0.05, 0) is 56.7 Å². The summed E-state index contributed by atoms with van der Waals surface area (Å²) in [6.45, 7) is 3.88. The first-order valence-corrected chi connectivity index (χ1v) is 10.4. The van der Waals surface area contributed by atoms with Crippen LogP contribution in [0.5, 0.6) is 5.75 Å². The second-order valence-corrected chi connectivity index (χ2v) is 8.54. The summed E-state index contributed by atoms with van der Waals surface area (Å²) in [4.78, 5) is 19.4. The number of rotatable bonds is 5. The Morgan fingerprint density at radius 2 is 1.73 bits per heavy atom. The third kappa shape index (κ3) is 4.71. The van der Waals surface area contributed by atoms with Gasteiger partial charge in [-0.1, -0.05) is 24.3 Å². The van der Waals surface area contributed by atoms with Crippen molar-refractivity contribution in [3.8, 4) is 17.0 Å². The molecule has 1 aliphatic rings. The van der Waals surface area contributed by atoms with E-state index in [1.807, 2.05) is 0 Å². The second kappa shape index (κ2) is 8.19. The largest absolute Gasteiger partial charge is 0.483 e. The van der Waals surface area contributed by atoms with E-state index in [2.05, 4.69) is 4.98 Å². The lowest BCUT2D eigenvalue weighted by molar-refractivity contribution is -0.153. The highest BCUT2D eigenvalue weighted by molar-refractivity contribution is 6.11. The normalized spacial score (nSPS) is 13.9. The number of hydrogen-bond donors (Lipinski definition) is 1. The number of fused-ring (bicyclic) bond motifs is 1. The summed E-state index contributed by atoms with van der Waals surface area (Å²) in [5.41, 5.74) is 2.82. The van der Waals surface area contributed by atoms with Gasteiger partial charge in [-0.3, -0.25) is 9.78 Å². The molecule has 0 saturated heterocycles. The number of halogens is 3. The lowest BCUT2D eigenvalue weighted by Crippen LogP contribution is -2.23. The standard InChI is InChI=1S/C25H23F3N2O3/c1-15-12-19-20(13-30(23(19)31)17-10-8-16(9-11-17)24(2,3)32)22(29-15)18-6-4-5-7-21(18)33-14-25(26,27)28/h4-12,32H,13-14H2,1-3H3. The molecule has 0 aliphatic carbocycles. The molecule has 3 aromatic rings. The number of aliphatic hydroxyl groups is 1. The Morgan fingerprint density at radius 1 is 1.06 bits per heavy atom. The molecule has 0 spiro atoms. The molecule has 4 rings (SSSR count). The highest BCUT2D eigenvalue weighted by atomic mass is 19.4. The van der Waals surface area contributed by atoms with E-state index in [1.54, 1.807) is 74.2 Å². The maximum atomic E-state index is 13.2. The maximum Gasteiger partial charge on any atom is 0.422 e. The number of ether oxygens (including phenoxy) is 1. The smallest absolute Gasteiger partial charge is 0.422 e. The third-order valence-electron chi connectivity index (χ3n) is 5.46. The van der Waals surface area contributed by atoms with Crippen LogP contribution < -0.4 is 9.64 Å². The van der Waals surface area contributed by atoms with Crippen LogP contribution in [0.2, 0.25) is 0 Å². The van der Waals surface area contributed by atoms with Crippen LogP contribution in [0.3, 0.4) is 0 Å². The highest BCUT2D eigenvalue weighted by Gasteiger charge is 2.33. The first-order valence-electron chi connectivity index (χ1n) is 10.4. The number of aromatic nitrogens is 1. The number of carbonyl (C=O) groups excluding carboxylic acids is 1. The van der Waals surface area contributed by atoms with E-state index in [0.29, 0.717) is 39.3 Å². The van der Waals surface area contributed by atoms with E-state index in [0.717, 1.165) is 0 Å². The van der Waals surface area contributed by atoms with Gasteiger partial charge >= 0.3 is 6.18 Å². The fraction of sp³-hybridized carbons (Fsp3) is 0.280. The van der Waals surface area contributed by atoms with Crippen LogP contribution in [-0.2, 0) is 12.1 Å². The van der Waals surface area contributed by atoms with Crippen LogP contribution in [0.15, 0.2) is 54.6 Å². The van der Waals surface area contributed by atoms with Gasteiger partial charge in [0.2, 0.25) is 0 Å². The molecule has 0 unspecified atom stereocenters. The molecule has 1 aromatic heterocycles. The molecular formula is C25H23F3N2O3. The highest BCUT2D eigenvalue weighted by Crippen LogP contribution is 2.38. The molecule has 172 valence electrons. The lowest BCUT2D eigenvalue weighted by Gasteiger charge is -2.20. The second-order valence-electron chi connectivity index (χ2n) is 8.54. The van der Waals surface area contributed by atoms with E-state index in [9.17, 15) is 23.1 Å². The summed E-state index contributed by atoms with van der Waals surface area (Å²) in [7, 11) is 0. The van der Waals surface area contributed by atoms with Gasteiger partial charge in [-0.15, -0.1) is 0 Å². The number of benzene rings is 2. The topological polar surface area (TPSA) is 62.7 Å². The van der Waals surface area contributed by atoms with Crippen molar-refractivity contribution in [2.75, 3.05) is 11.5 Å². The van der Waals surface area contributed by atoms with Crippen LogP contribution in [0, 0.1) is 6.92 Å². The molecule has 1 aliphatic heterocycles. The quantitative estimate of drug-likeness (QED) is 0.560. The molecule has 2 aromatic carbocycles. The summed E-state index contributed by atoms with van der Waals surface area (Å²) >= 11 is 0. The minimum Gasteiger partial charge on any atom is -0.483 e. The fourth-order valence-electron chi connectivity index (χ4n) is 3.85. The van der Waals surface area contributed by atoms with E-state index in [-0.39, 0.29) is 18.2 Å². The number of alkyl halides is 3. The number of pyridine rings is 1. The fourth-order valence-corrected chi connectivity index (χ4v) is 3.85. The first kappa shape index (κ1) is 22.8. The van der Waals surface area contributed by atoms with Crippen LogP contribution in [0.1, 0.15) is 41.0 Å². The molecule has 0 fully saturated rings. The summed E-state index contributed by atoms with van der Waals surface area (Å²) in [5.74, 6) is -0.169. The number of aryl methyl sites for hydroxylation is 1. The Hall–Kier alpha value is -3.39. The van der Waals surface area contributed by atoms with Crippen molar-refractivity contribution in [2.45, 2.75) is 39.1 Å². The monoisotopic (exact) mass is 456 g/mol. The van der Waals surface area contributed by atoms with Crippen molar-refractivity contribution >= 4 is 11.6 Å². The molecule has 33 heavy (non-hydrogen) atoms. The first-order chi connectivity index (χ1) is 15.4. The number of carbonyl (C=O) groups is 1. The zero-order valence-corrected chi connectivity index (χ0v) is 18.4. The minimum absolute atomic E-state index is 0.0514. The van der Waals surface area contributed by atoms with Crippen molar-refractivity contribution < 1.29 is 27.8 Å². The van der Waals surface area contributed by atoms with Crippen LogP contribution in [0.25, 0.3) is 11.3 Å². The van der Waals surface area contributed by atoms with Crippen molar-refractivity contribution in [2.24, 2.45) is 0 Å². The van der Waals surface area contributed by atoms with Gasteiger partial charge in [-0.2, -0.15) is 13.2 Å². The molecule has 0 saturated carbocycles. The number of nitrogens with zero attached hydrogens (tertiary/aromatic N) is 2. The van der Waals surface area contributed by atoms with Gasteiger partial charge in [0.15, 0.2) is 6.61 Å². The Labute approximate surface area is 189 Å². The lowest BCUT2D eigenvalue weighted by atomic mass is 9.98. The summed E-state index contributed by atoms with van der Waals surface area (Å²) < 4.78 is 43.3. The van der Waals surface area contributed by atoms with E-state index >= 15 is 0 Å². The van der Waals surface area contributed by atoms with Crippen molar-refractivity contribution in [1.82, 2.24) is 4.98 Å².